The van der Waals surface area contributed by atoms with Crippen LogP contribution in [0.25, 0.3) is 0 Å². The van der Waals surface area contributed by atoms with Crippen molar-refractivity contribution < 1.29 is 14.7 Å². The number of anilines is 4. The van der Waals surface area contributed by atoms with Crippen LogP contribution >= 0.6 is 11.6 Å². The Kier molecular flexibility index (Phi) is 5.70. The normalized spacial score (nSPS) is 18.2. The van der Waals surface area contributed by atoms with Gasteiger partial charge >= 0.3 is 6.09 Å². The van der Waals surface area contributed by atoms with E-state index in [1.807, 2.05) is 24.3 Å². The van der Waals surface area contributed by atoms with Gasteiger partial charge in [0.15, 0.2) is 5.82 Å². The number of hydrogen-bond acceptors (Lipinski definition) is 6. The van der Waals surface area contributed by atoms with Gasteiger partial charge in [0.2, 0.25) is 5.95 Å². The average Bonchev–Trinajstić information content (AvgIpc) is 3.17. The predicted octanol–water partition coefficient (Wildman–Crippen LogP) is 4.72. The summed E-state index contributed by atoms with van der Waals surface area (Å²) in [4.78, 5) is 34.3. The van der Waals surface area contributed by atoms with Gasteiger partial charge in [-0.15, -0.1) is 0 Å². The number of rotatable bonds is 5. The molecular formula is C24H23ClN6O3. The number of aromatic nitrogens is 2. The molecule has 174 valence electrons. The Hall–Kier alpha value is -3.85. The third-order valence-electron chi connectivity index (χ3n) is 6.34. The molecule has 3 aromatic rings. The van der Waals surface area contributed by atoms with E-state index < -0.39 is 6.09 Å². The second kappa shape index (κ2) is 8.83. The number of halogens is 1. The largest absolute Gasteiger partial charge is 0.465 e. The number of carboxylic acid groups (broad SMARTS) is 1. The summed E-state index contributed by atoms with van der Waals surface area (Å²) < 4.78 is 0. The Morgan fingerprint density at radius 3 is 2.76 bits per heavy atom. The van der Waals surface area contributed by atoms with Crippen molar-refractivity contribution in [3.05, 3.63) is 70.4 Å². The first-order chi connectivity index (χ1) is 16.4. The SMILES string of the molecule is CNC(=O)c1ccccc1Nc1nc(Nc2ccc3c(c2)C2CCC(C3)N2C(=O)O)ncc1Cl. The van der Waals surface area contributed by atoms with Crippen molar-refractivity contribution in [3.8, 4) is 0 Å². The average molecular weight is 479 g/mol. The zero-order valence-electron chi connectivity index (χ0n) is 18.4. The van der Waals surface area contributed by atoms with Crippen LogP contribution in [0.1, 0.15) is 40.4 Å². The molecule has 1 fully saturated rings. The van der Waals surface area contributed by atoms with E-state index in [2.05, 4.69) is 25.9 Å². The molecule has 2 aliphatic heterocycles. The Morgan fingerprint density at radius 2 is 1.97 bits per heavy atom. The number of amides is 2. The van der Waals surface area contributed by atoms with E-state index in [4.69, 9.17) is 11.6 Å². The van der Waals surface area contributed by atoms with Crippen LogP contribution in [0.2, 0.25) is 5.02 Å². The summed E-state index contributed by atoms with van der Waals surface area (Å²) in [6.45, 7) is 0. The highest BCUT2D eigenvalue weighted by Crippen LogP contribution is 2.44. The molecule has 0 aliphatic carbocycles. The second-order valence-electron chi connectivity index (χ2n) is 8.32. The number of nitrogens with one attached hydrogen (secondary N) is 3. The molecule has 2 aliphatic rings. The molecule has 2 amide bonds. The van der Waals surface area contributed by atoms with Crippen molar-refractivity contribution in [2.75, 3.05) is 17.7 Å². The van der Waals surface area contributed by atoms with E-state index in [9.17, 15) is 14.7 Å². The molecule has 2 aromatic carbocycles. The van der Waals surface area contributed by atoms with Gasteiger partial charge in [-0.1, -0.05) is 29.8 Å². The number of carbonyl (C=O) groups excluding carboxylic acids is 1. The summed E-state index contributed by atoms with van der Waals surface area (Å²) in [5.41, 5.74) is 3.98. The highest BCUT2D eigenvalue weighted by Gasteiger charge is 2.42. The molecule has 9 nitrogen and oxygen atoms in total. The zero-order valence-corrected chi connectivity index (χ0v) is 19.1. The van der Waals surface area contributed by atoms with Crippen molar-refractivity contribution in [3.63, 3.8) is 0 Å². The Bertz CT molecular complexity index is 1280. The maximum absolute atomic E-state index is 12.2. The number of carbonyl (C=O) groups is 2. The molecule has 4 N–H and O–H groups in total. The highest BCUT2D eigenvalue weighted by molar-refractivity contribution is 6.33. The Labute approximate surface area is 201 Å². The monoisotopic (exact) mass is 478 g/mol. The third-order valence-corrected chi connectivity index (χ3v) is 6.61. The van der Waals surface area contributed by atoms with E-state index in [0.717, 1.165) is 30.5 Å². The van der Waals surface area contributed by atoms with Gasteiger partial charge in [-0.3, -0.25) is 9.69 Å². The number of benzene rings is 2. The van der Waals surface area contributed by atoms with Crippen molar-refractivity contribution in [1.29, 1.82) is 0 Å². The van der Waals surface area contributed by atoms with Crippen LogP contribution in [-0.2, 0) is 6.42 Å². The van der Waals surface area contributed by atoms with Crippen LogP contribution in [0.15, 0.2) is 48.7 Å². The van der Waals surface area contributed by atoms with Crippen LogP contribution in [-0.4, -0.2) is 45.1 Å². The lowest BCUT2D eigenvalue weighted by molar-refractivity contribution is 0.0963. The van der Waals surface area contributed by atoms with Crippen molar-refractivity contribution in [1.82, 2.24) is 20.2 Å². The minimum absolute atomic E-state index is 0.0553. The van der Waals surface area contributed by atoms with Crippen LogP contribution in [0.5, 0.6) is 0 Å². The third kappa shape index (κ3) is 3.99. The van der Waals surface area contributed by atoms with Crippen molar-refractivity contribution in [2.24, 2.45) is 0 Å². The van der Waals surface area contributed by atoms with E-state index in [0.29, 0.717) is 28.0 Å². The van der Waals surface area contributed by atoms with Gasteiger partial charge in [0.05, 0.1) is 23.5 Å². The standard InChI is InChI=1S/C24H23ClN6O3/c1-26-22(32)16-4-2-3-5-19(16)29-21-18(25)12-27-23(30-21)28-14-7-6-13-10-15-8-9-20(17(13)11-14)31(15)24(33)34/h2-7,11-12,15,20H,8-10H2,1H3,(H,26,32)(H,33,34)(H2,27,28,29,30). The molecule has 1 aromatic heterocycles. The van der Waals surface area contributed by atoms with Crippen LogP contribution in [0.4, 0.5) is 27.9 Å². The summed E-state index contributed by atoms with van der Waals surface area (Å²) in [6, 6.07) is 12.9. The van der Waals surface area contributed by atoms with Crippen LogP contribution in [0, 0.1) is 0 Å². The van der Waals surface area contributed by atoms with Crippen molar-refractivity contribution >= 4 is 46.7 Å². The maximum Gasteiger partial charge on any atom is 0.408 e. The fourth-order valence-corrected chi connectivity index (χ4v) is 4.94. The summed E-state index contributed by atoms with van der Waals surface area (Å²) in [5.74, 6) is 0.439. The summed E-state index contributed by atoms with van der Waals surface area (Å²) in [6.07, 6.45) is 3.04. The topological polar surface area (TPSA) is 119 Å². The first-order valence-electron chi connectivity index (χ1n) is 11.0. The van der Waals surface area contributed by atoms with E-state index in [1.54, 1.807) is 30.1 Å². The van der Waals surface area contributed by atoms with Gasteiger partial charge < -0.3 is 21.1 Å². The number of para-hydroxylation sites is 1. The van der Waals surface area contributed by atoms with E-state index in [-0.39, 0.29) is 18.0 Å². The number of nitrogens with zero attached hydrogens (tertiary/aromatic N) is 3. The summed E-state index contributed by atoms with van der Waals surface area (Å²) in [5, 5.41) is 18.9. The highest BCUT2D eigenvalue weighted by atomic mass is 35.5. The minimum atomic E-state index is -0.870. The smallest absolute Gasteiger partial charge is 0.408 e. The zero-order chi connectivity index (χ0) is 23.8. The Morgan fingerprint density at radius 1 is 1.15 bits per heavy atom. The van der Waals surface area contributed by atoms with Gasteiger partial charge in [-0.05, 0) is 54.7 Å². The van der Waals surface area contributed by atoms with E-state index in [1.165, 1.54) is 11.8 Å². The molecule has 2 atom stereocenters. The van der Waals surface area contributed by atoms with Gasteiger partial charge in [0, 0.05) is 18.8 Å². The maximum atomic E-state index is 12.2. The molecule has 10 heteroatoms. The van der Waals surface area contributed by atoms with Crippen LogP contribution < -0.4 is 16.0 Å². The second-order valence-corrected chi connectivity index (χ2v) is 8.73. The first-order valence-corrected chi connectivity index (χ1v) is 11.3. The van der Waals surface area contributed by atoms with Gasteiger partial charge in [-0.25, -0.2) is 9.78 Å². The van der Waals surface area contributed by atoms with Crippen molar-refractivity contribution in [2.45, 2.75) is 31.3 Å². The quantitative estimate of drug-likeness (QED) is 0.419. The number of hydrogen-bond donors (Lipinski definition) is 4. The molecule has 34 heavy (non-hydrogen) atoms. The lowest BCUT2D eigenvalue weighted by atomic mass is 9.93. The Balaban J connectivity index is 1.40. The molecule has 0 saturated carbocycles. The molecule has 2 bridgehead atoms. The van der Waals surface area contributed by atoms with Gasteiger partial charge in [-0.2, -0.15) is 4.98 Å². The van der Waals surface area contributed by atoms with Gasteiger partial charge in [0.1, 0.15) is 5.02 Å². The fraction of sp³-hybridized carbons (Fsp3) is 0.250. The van der Waals surface area contributed by atoms with Gasteiger partial charge in [0.25, 0.3) is 5.91 Å². The molecule has 0 spiro atoms. The minimum Gasteiger partial charge on any atom is -0.465 e. The molecular weight excluding hydrogens is 456 g/mol. The molecule has 0 radical (unpaired) electrons. The lowest BCUT2D eigenvalue weighted by Gasteiger charge is -2.34. The molecule has 3 heterocycles. The fourth-order valence-electron chi connectivity index (χ4n) is 4.80. The molecule has 5 rings (SSSR count). The summed E-state index contributed by atoms with van der Waals surface area (Å²) in [7, 11) is 1.57. The first kappa shape index (κ1) is 22.0. The van der Waals surface area contributed by atoms with Crippen LogP contribution in [0.3, 0.4) is 0 Å². The van der Waals surface area contributed by atoms with E-state index >= 15 is 0 Å². The lowest BCUT2D eigenvalue weighted by Crippen LogP contribution is -2.40. The summed E-state index contributed by atoms with van der Waals surface area (Å²) >= 11 is 6.32. The number of fused-ring (bicyclic) bond motifs is 4. The molecule has 1 saturated heterocycles. The predicted molar refractivity (Wildman–Crippen MR) is 129 cm³/mol. The molecule has 2 unspecified atom stereocenters.